The zero-order valence-corrected chi connectivity index (χ0v) is 5.37. The molecule has 1 aromatic rings. The van der Waals surface area contributed by atoms with E-state index >= 15 is 0 Å². The van der Waals surface area contributed by atoms with Crippen LogP contribution >= 0.6 is 0 Å². The topological polar surface area (TPSA) is 26.0 Å². The van der Waals surface area contributed by atoms with Crippen molar-refractivity contribution in [3.05, 3.63) is 29.8 Å². The molecule has 0 fully saturated rings. The van der Waals surface area contributed by atoms with Gasteiger partial charge in [-0.05, 0) is 18.2 Å². The molecule has 0 bridgehead atoms. The highest BCUT2D eigenvalue weighted by Gasteiger charge is 2.30. The second-order valence-electron chi connectivity index (χ2n) is 1.95. The second-order valence-corrected chi connectivity index (χ2v) is 1.95. The lowest BCUT2D eigenvalue weighted by atomic mass is 10.2. The van der Waals surface area contributed by atoms with Gasteiger partial charge in [0.1, 0.15) is 5.56 Å². The van der Waals surface area contributed by atoms with E-state index in [4.69, 9.17) is 5.73 Å². The summed E-state index contributed by atoms with van der Waals surface area (Å²) in [6.45, 7) is 0. The Morgan fingerprint density at radius 1 is 1.18 bits per heavy atom. The molecular weight excluding hydrogens is 155 g/mol. The molecule has 0 aliphatic rings. The van der Waals surface area contributed by atoms with Crippen LogP contribution in [0, 0.1) is 12.1 Å². The number of rotatable bonds is 0. The van der Waals surface area contributed by atoms with Crippen LogP contribution in [0.2, 0.25) is 0 Å². The van der Waals surface area contributed by atoms with E-state index in [0.717, 1.165) is 12.1 Å². The third-order valence-corrected chi connectivity index (χ3v) is 1.08. The third-order valence-electron chi connectivity index (χ3n) is 1.08. The zero-order chi connectivity index (χ0) is 8.48. The van der Waals surface area contributed by atoms with E-state index in [1.165, 1.54) is 0 Å². The zero-order valence-electron chi connectivity index (χ0n) is 5.37. The van der Waals surface area contributed by atoms with Crippen molar-refractivity contribution >= 4 is 5.69 Å². The van der Waals surface area contributed by atoms with Gasteiger partial charge in [-0.1, -0.05) is 6.07 Å². The van der Waals surface area contributed by atoms with Gasteiger partial charge in [0.2, 0.25) is 0 Å². The normalized spacial score (nSPS) is 10.8. The number of halogens is 3. The Morgan fingerprint density at radius 2 is 1.82 bits per heavy atom. The highest BCUT2D eigenvalue weighted by molar-refractivity contribution is 5.34. The van der Waals surface area contributed by atoms with Gasteiger partial charge in [-0.15, -0.1) is 0 Å². The average molecular weight is 159 g/mol. The molecule has 1 rings (SSSR count). The summed E-state index contributed by atoms with van der Waals surface area (Å²) in [5.41, 5.74) is 4.41. The molecule has 0 heterocycles. The fourth-order valence-corrected chi connectivity index (χ4v) is 0.561. The molecule has 0 unspecified atom stereocenters. The van der Waals surface area contributed by atoms with E-state index in [1.54, 1.807) is 0 Å². The molecule has 0 aromatic heterocycles. The Kier molecular flexibility index (Phi) is 1.65. The summed E-state index contributed by atoms with van der Waals surface area (Å²) in [6.07, 6.45) is -4.36. The van der Waals surface area contributed by atoms with E-state index < -0.39 is 11.7 Å². The lowest BCUT2D eigenvalue weighted by molar-refractivity contribution is -0.137. The van der Waals surface area contributed by atoms with Gasteiger partial charge in [0, 0.05) is 0 Å². The molecule has 2 N–H and O–H groups in total. The monoisotopic (exact) mass is 159 g/mol. The first-order valence-corrected chi connectivity index (χ1v) is 2.77. The van der Waals surface area contributed by atoms with Gasteiger partial charge in [-0.25, -0.2) is 0 Å². The summed E-state index contributed by atoms with van der Waals surface area (Å²) in [4.78, 5) is 0. The van der Waals surface area contributed by atoms with Crippen LogP contribution in [0.15, 0.2) is 12.1 Å². The van der Waals surface area contributed by atoms with Crippen LogP contribution in [0.1, 0.15) is 5.56 Å². The molecule has 0 saturated carbocycles. The summed E-state index contributed by atoms with van der Waals surface area (Å²) in [7, 11) is 0. The van der Waals surface area contributed by atoms with Crippen molar-refractivity contribution in [2.24, 2.45) is 0 Å². The van der Waals surface area contributed by atoms with Crippen molar-refractivity contribution in [2.75, 3.05) is 5.73 Å². The van der Waals surface area contributed by atoms with Crippen LogP contribution in [0.4, 0.5) is 18.9 Å². The minimum atomic E-state index is -4.36. The second kappa shape index (κ2) is 2.35. The number of alkyl halides is 3. The van der Waals surface area contributed by atoms with Crippen LogP contribution in [0.25, 0.3) is 0 Å². The van der Waals surface area contributed by atoms with Crippen molar-refractivity contribution < 1.29 is 13.2 Å². The van der Waals surface area contributed by atoms with Gasteiger partial charge in [0.25, 0.3) is 0 Å². The van der Waals surface area contributed by atoms with Crippen LogP contribution in [-0.2, 0) is 6.18 Å². The van der Waals surface area contributed by atoms with Crippen molar-refractivity contribution in [2.45, 2.75) is 6.18 Å². The van der Waals surface area contributed by atoms with E-state index in [2.05, 4.69) is 6.07 Å². The van der Waals surface area contributed by atoms with Crippen LogP contribution in [0.5, 0.6) is 0 Å². The Morgan fingerprint density at radius 3 is 2.18 bits per heavy atom. The fourth-order valence-electron chi connectivity index (χ4n) is 0.561. The summed E-state index contributed by atoms with van der Waals surface area (Å²) in [6, 6.07) is 6.05. The Hall–Kier alpha value is -1.37. The molecule has 4 heteroatoms. The first-order valence-electron chi connectivity index (χ1n) is 2.77. The quantitative estimate of drug-likeness (QED) is 0.614. The van der Waals surface area contributed by atoms with Crippen LogP contribution in [-0.4, -0.2) is 0 Å². The minimum Gasteiger partial charge on any atom is -0.392 e. The lowest BCUT2D eigenvalue weighted by Gasteiger charge is -2.01. The van der Waals surface area contributed by atoms with Crippen molar-refractivity contribution in [1.29, 1.82) is 0 Å². The average Bonchev–Trinajstić information content (AvgIpc) is 1.86. The largest absolute Gasteiger partial charge is 0.424 e. The molecule has 0 spiro atoms. The minimum absolute atomic E-state index is 0.151. The fraction of sp³-hybridized carbons (Fsp3) is 0.143. The van der Waals surface area contributed by atoms with Gasteiger partial charge in [-0.2, -0.15) is 13.2 Å². The van der Waals surface area contributed by atoms with E-state index in [1.807, 2.05) is 6.07 Å². The van der Waals surface area contributed by atoms with E-state index in [-0.39, 0.29) is 5.69 Å². The van der Waals surface area contributed by atoms with Gasteiger partial charge in [-0.3, -0.25) is 0 Å². The Labute approximate surface area is 61.6 Å². The van der Waals surface area contributed by atoms with Crippen LogP contribution in [0.3, 0.4) is 0 Å². The Bertz CT molecular complexity index is 237. The SMILES string of the molecule is Nc1c#cc(C(F)(F)F)cc1. The molecule has 0 radical (unpaired) electrons. The van der Waals surface area contributed by atoms with Gasteiger partial charge >= 0.3 is 6.18 Å². The van der Waals surface area contributed by atoms with Crippen molar-refractivity contribution in [1.82, 2.24) is 0 Å². The summed E-state index contributed by atoms with van der Waals surface area (Å²) >= 11 is 0. The van der Waals surface area contributed by atoms with Crippen molar-refractivity contribution in [3.63, 3.8) is 0 Å². The predicted molar refractivity (Wildman–Crippen MR) is 33.5 cm³/mol. The highest BCUT2D eigenvalue weighted by Crippen LogP contribution is 2.27. The highest BCUT2D eigenvalue weighted by atomic mass is 19.4. The van der Waals surface area contributed by atoms with Crippen molar-refractivity contribution in [3.8, 4) is 0 Å². The first-order chi connectivity index (χ1) is 5.00. The van der Waals surface area contributed by atoms with Crippen LogP contribution < -0.4 is 5.73 Å². The van der Waals surface area contributed by atoms with E-state index in [0.29, 0.717) is 0 Å². The van der Waals surface area contributed by atoms with Gasteiger partial charge in [0.05, 0.1) is 5.69 Å². The smallest absolute Gasteiger partial charge is 0.392 e. The molecule has 58 valence electrons. The maximum Gasteiger partial charge on any atom is 0.424 e. The molecule has 0 saturated heterocycles. The number of hydrogen-bond acceptors (Lipinski definition) is 1. The molecular formula is C7H4F3N. The molecule has 1 nitrogen and oxygen atoms in total. The molecule has 0 atom stereocenters. The molecule has 0 aliphatic heterocycles. The predicted octanol–water partition coefficient (Wildman–Crippen LogP) is 1.89. The van der Waals surface area contributed by atoms with E-state index in [9.17, 15) is 13.2 Å². The lowest BCUT2D eigenvalue weighted by Crippen LogP contribution is -2.03. The molecule has 11 heavy (non-hydrogen) atoms. The molecule has 0 aliphatic carbocycles. The van der Waals surface area contributed by atoms with Gasteiger partial charge in [0.15, 0.2) is 0 Å². The maximum atomic E-state index is 11.8. The van der Waals surface area contributed by atoms with Gasteiger partial charge < -0.3 is 5.73 Å². The molecule has 1 aromatic carbocycles. The number of nitrogen functional groups attached to an aromatic ring is 1. The number of nitrogens with two attached hydrogens (primary N) is 1. The standard InChI is InChI=1S/C7H4F3N/c8-7(9,10)5-1-3-6(11)4-2-5/h1,3H,11H2. The third kappa shape index (κ3) is 1.77. The Balaban J connectivity index is 2.99. The summed E-state index contributed by atoms with van der Waals surface area (Å²) in [5.74, 6) is 0. The molecule has 0 amide bonds. The summed E-state index contributed by atoms with van der Waals surface area (Å²) < 4.78 is 35.5. The maximum absolute atomic E-state index is 11.8. The summed E-state index contributed by atoms with van der Waals surface area (Å²) in [5, 5.41) is 0. The number of hydrogen-bond donors (Lipinski definition) is 1. The first kappa shape index (κ1) is 7.73. The number of anilines is 1.